The van der Waals surface area contributed by atoms with E-state index in [1.807, 2.05) is 45.0 Å². The summed E-state index contributed by atoms with van der Waals surface area (Å²) in [6, 6.07) is 18.0. The Bertz CT molecular complexity index is 1200. The lowest BCUT2D eigenvalue weighted by atomic mass is 10.1. The van der Waals surface area contributed by atoms with Crippen LogP contribution in [0, 0.1) is 13.8 Å². The molecule has 0 atom stereocenters. The molecule has 0 spiro atoms. The van der Waals surface area contributed by atoms with E-state index in [0.717, 1.165) is 16.8 Å². The van der Waals surface area contributed by atoms with Crippen molar-refractivity contribution in [2.75, 3.05) is 18.5 Å². The number of carbonyl (C=O) groups excluding carboxylic acids is 2. The minimum Gasteiger partial charge on any atom is -0.490 e. The first kappa shape index (κ1) is 25.0. The molecule has 0 saturated heterocycles. The minimum absolute atomic E-state index is 0.188. The standard InChI is InChI=1S/C26H26BrN3O4/c1-4-33-23-14-19(15-28-30-26(32)20-10-6-5-7-11-20)13-21(27)25(23)34-16-24(31)29-22-12-8-9-17(2)18(22)3/h5-15H,4,16H2,1-3H3,(H,29,31)(H,30,32)/b28-15+. The monoisotopic (exact) mass is 523 g/mol. The van der Waals surface area contributed by atoms with Gasteiger partial charge >= 0.3 is 0 Å². The molecule has 3 aromatic rings. The fraction of sp³-hybridized carbons (Fsp3) is 0.192. The van der Waals surface area contributed by atoms with Gasteiger partial charge in [-0.1, -0.05) is 30.3 Å². The number of nitrogens with zero attached hydrogens (tertiary/aromatic N) is 1. The number of hydrogen-bond acceptors (Lipinski definition) is 5. The summed E-state index contributed by atoms with van der Waals surface area (Å²) in [6.45, 7) is 6.02. The number of nitrogens with one attached hydrogen (secondary N) is 2. The summed E-state index contributed by atoms with van der Waals surface area (Å²) in [5, 5.41) is 6.89. The van der Waals surface area contributed by atoms with Crippen LogP contribution in [-0.2, 0) is 4.79 Å². The number of rotatable bonds is 9. The van der Waals surface area contributed by atoms with Gasteiger partial charge in [0.25, 0.3) is 11.8 Å². The quantitative estimate of drug-likeness (QED) is 0.296. The van der Waals surface area contributed by atoms with Crippen molar-refractivity contribution in [3.63, 3.8) is 0 Å². The van der Waals surface area contributed by atoms with Gasteiger partial charge in [-0.05, 0) is 83.7 Å². The Balaban J connectivity index is 1.67. The smallest absolute Gasteiger partial charge is 0.271 e. The molecule has 0 saturated carbocycles. The molecule has 0 radical (unpaired) electrons. The molecular formula is C26H26BrN3O4. The van der Waals surface area contributed by atoms with Crippen molar-refractivity contribution < 1.29 is 19.1 Å². The maximum absolute atomic E-state index is 12.5. The van der Waals surface area contributed by atoms with Crippen molar-refractivity contribution in [1.82, 2.24) is 5.43 Å². The molecule has 0 aromatic heterocycles. The van der Waals surface area contributed by atoms with Gasteiger partial charge in [-0.25, -0.2) is 5.43 Å². The van der Waals surface area contributed by atoms with E-state index >= 15 is 0 Å². The van der Waals surface area contributed by atoms with Crippen LogP contribution < -0.4 is 20.2 Å². The largest absolute Gasteiger partial charge is 0.490 e. The second kappa shape index (κ2) is 12.0. The Morgan fingerprint density at radius 1 is 1.03 bits per heavy atom. The second-order valence-corrected chi connectivity index (χ2v) is 8.27. The number of hydrazone groups is 1. The third-order valence-electron chi connectivity index (χ3n) is 4.97. The Morgan fingerprint density at radius 2 is 1.79 bits per heavy atom. The van der Waals surface area contributed by atoms with Gasteiger partial charge in [0.2, 0.25) is 0 Å². The van der Waals surface area contributed by atoms with Crippen molar-refractivity contribution in [2.24, 2.45) is 5.10 Å². The van der Waals surface area contributed by atoms with Gasteiger partial charge in [-0.3, -0.25) is 9.59 Å². The molecule has 34 heavy (non-hydrogen) atoms. The third-order valence-corrected chi connectivity index (χ3v) is 5.56. The number of anilines is 1. The molecule has 0 unspecified atom stereocenters. The number of hydrogen-bond donors (Lipinski definition) is 2. The normalized spacial score (nSPS) is 10.7. The van der Waals surface area contributed by atoms with Gasteiger partial charge < -0.3 is 14.8 Å². The van der Waals surface area contributed by atoms with Gasteiger partial charge in [0.15, 0.2) is 18.1 Å². The predicted molar refractivity (Wildman–Crippen MR) is 137 cm³/mol. The Morgan fingerprint density at radius 3 is 2.53 bits per heavy atom. The topological polar surface area (TPSA) is 89.0 Å². The van der Waals surface area contributed by atoms with Gasteiger partial charge in [0.05, 0.1) is 17.3 Å². The summed E-state index contributed by atoms with van der Waals surface area (Å²) in [6.07, 6.45) is 1.51. The number of halogens is 1. The molecule has 0 fully saturated rings. The lowest BCUT2D eigenvalue weighted by Gasteiger charge is -2.15. The fourth-order valence-corrected chi connectivity index (χ4v) is 3.67. The van der Waals surface area contributed by atoms with Crippen LogP contribution in [0.4, 0.5) is 5.69 Å². The molecule has 2 N–H and O–H groups in total. The fourth-order valence-electron chi connectivity index (χ4n) is 3.10. The van der Waals surface area contributed by atoms with Gasteiger partial charge in [0.1, 0.15) is 0 Å². The number of amides is 2. The molecule has 176 valence electrons. The van der Waals surface area contributed by atoms with E-state index in [2.05, 4.69) is 31.8 Å². The van der Waals surface area contributed by atoms with Crippen molar-refractivity contribution in [3.8, 4) is 11.5 Å². The van der Waals surface area contributed by atoms with Crippen molar-refractivity contribution in [1.29, 1.82) is 0 Å². The number of aryl methyl sites for hydroxylation is 1. The van der Waals surface area contributed by atoms with Crippen molar-refractivity contribution >= 4 is 39.6 Å². The number of ether oxygens (including phenoxy) is 2. The molecule has 3 aromatic carbocycles. The predicted octanol–water partition coefficient (Wildman–Crippen LogP) is 5.25. The van der Waals surface area contributed by atoms with Crippen LogP contribution in [0.15, 0.2) is 70.2 Å². The highest BCUT2D eigenvalue weighted by molar-refractivity contribution is 9.10. The van der Waals surface area contributed by atoms with Crippen LogP contribution in [-0.4, -0.2) is 31.2 Å². The van der Waals surface area contributed by atoms with Crippen LogP contribution in [0.2, 0.25) is 0 Å². The highest BCUT2D eigenvalue weighted by Crippen LogP contribution is 2.36. The zero-order chi connectivity index (χ0) is 24.5. The van der Waals surface area contributed by atoms with Crippen molar-refractivity contribution in [3.05, 3.63) is 87.4 Å². The van der Waals surface area contributed by atoms with E-state index in [1.165, 1.54) is 6.21 Å². The summed E-state index contributed by atoms with van der Waals surface area (Å²) in [5.74, 6) is 0.267. The molecule has 0 aliphatic rings. The Hall–Kier alpha value is -3.65. The first-order valence-electron chi connectivity index (χ1n) is 10.7. The van der Waals surface area contributed by atoms with E-state index in [1.54, 1.807) is 36.4 Å². The van der Waals surface area contributed by atoms with E-state index in [4.69, 9.17) is 9.47 Å². The Kier molecular flexibility index (Phi) is 8.81. The maximum Gasteiger partial charge on any atom is 0.271 e. The van der Waals surface area contributed by atoms with E-state index in [0.29, 0.717) is 33.7 Å². The number of benzene rings is 3. The van der Waals surface area contributed by atoms with E-state index < -0.39 is 0 Å². The minimum atomic E-state index is -0.309. The zero-order valence-electron chi connectivity index (χ0n) is 19.2. The van der Waals surface area contributed by atoms with Gasteiger partial charge in [-0.15, -0.1) is 0 Å². The number of carbonyl (C=O) groups is 2. The zero-order valence-corrected chi connectivity index (χ0v) is 20.8. The molecule has 0 heterocycles. The van der Waals surface area contributed by atoms with E-state index in [9.17, 15) is 9.59 Å². The van der Waals surface area contributed by atoms with Gasteiger partial charge in [-0.2, -0.15) is 5.10 Å². The SMILES string of the molecule is CCOc1cc(/C=N/NC(=O)c2ccccc2)cc(Br)c1OCC(=O)Nc1cccc(C)c1C. The lowest BCUT2D eigenvalue weighted by Crippen LogP contribution is -2.21. The summed E-state index contributed by atoms with van der Waals surface area (Å²) in [7, 11) is 0. The highest BCUT2D eigenvalue weighted by atomic mass is 79.9. The van der Waals surface area contributed by atoms with E-state index in [-0.39, 0.29) is 18.4 Å². The molecule has 3 rings (SSSR count). The van der Waals surface area contributed by atoms with Crippen LogP contribution in [0.5, 0.6) is 11.5 Å². The molecule has 0 aliphatic carbocycles. The molecule has 0 aliphatic heterocycles. The molecule has 2 amide bonds. The van der Waals surface area contributed by atoms with Gasteiger partial charge in [0, 0.05) is 11.3 Å². The maximum atomic E-state index is 12.5. The summed E-state index contributed by atoms with van der Waals surface area (Å²) in [4.78, 5) is 24.6. The van der Waals surface area contributed by atoms with Crippen LogP contribution in [0.1, 0.15) is 34.0 Å². The Labute approximate surface area is 207 Å². The van der Waals surface area contributed by atoms with Crippen molar-refractivity contribution in [2.45, 2.75) is 20.8 Å². The van der Waals surface area contributed by atoms with Crippen LogP contribution >= 0.6 is 15.9 Å². The molecule has 7 nitrogen and oxygen atoms in total. The first-order chi connectivity index (χ1) is 16.4. The molecule has 0 bridgehead atoms. The molecular weight excluding hydrogens is 498 g/mol. The third kappa shape index (κ3) is 6.68. The summed E-state index contributed by atoms with van der Waals surface area (Å²) >= 11 is 3.48. The second-order valence-electron chi connectivity index (χ2n) is 7.41. The molecule has 8 heteroatoms. The first-order valence-corrected chi connectivity index (χ1v) is 11.5. The average Bonchev–Trinajstić information content (AvgIpc) is 2.82. The average molecular weight is 524 g/mol. The summed E-state index contributed by atoms with van der Waals surface area (Å²) in [5.41, 5.74) is 6.54. The summed E-state index contributed by atoms with van der Waals surface area (Å²) < 4.78 is 12.1. The van der Waals surface area contributed by atoms with Crippen LogP contribution in [0.3, 0.4) is 0 Å². The van der Waals surface area contributed by atoms with Crippen LogP contribution in [0.25, 0.3) is 0 Å². The highest BCUT2D eigenvalue weighted by Gasteiger charge is 2.15. The lowest BCUT2D eigenvalue weighted by molar-refractivity contribution is -0.118.